The molecule has 0 unspecified atom stereocenters. The van der Waals surface area contributed by atoms with Crippen molar-refractivity contribution < 1.29 is 22.7 Å². The van der Waals surface area contributed by atoms with Crippen LogP contribution in [0.5, 0.6) is 11.5 Å². The van der Waals surface area contributed by atoms with Crippen LogP contribution in [0.25, 0.3) is 0 Å². The minimum Gasteiger partial charge on any atom is -0.454 e. The molecule has 1 aliphatic rings. The van der Waals surface area contributed by atoms with E-state index in [1.54, 1.807) is 36.4 Å². The highest BCUT2D eigenvalue weighted by atomic mass is 32.2. The van der Waals surface area contributed by atoms with Crippen LogP contribution in [-0.4, -0.2) is 27.7 Å². The summed E-state index contributed by atoms with van der Waals surface area (Å²) in [5.41, 5.74) is 2.48. The predicted molar refractivity (Wildman–Crippen MR) is 96.9 cm³/mol. The molecule has 1 aliphatic heterocycles. The molecule has 0 fully saturated rings. The first kappa shape index (κ1) is 18.2. The number of hydrogen-bond acceptors (Lipinski definition) is 5. The van der Waals surface area contributed by atoms with Crippen molar-refractivity contribution in [1.29, 1.82) is 0 Å². The molecule has 0 saturated carbocycles. The number of rotatable bonds is 6. The van der Waals surface area contributed by atoms with Crippen molar-refractivity contribution >= 4 is 21.6 Å². The van der Waals surface area contributed by atoms with Crippen molar-refractivity contribution in [2.45, 2.75) is 25.2 Å². The van der Waals surface area contributed by atoms with Gasteiger partial charge in [0, 0.05) is 24.7 Å². The fourth-order valence-electron chi connectivity index (χ4n) is 2.46. The third kappa shape index (κ3) is 4.14. The van der Waals surface area contributed by atoms with Crippen LogP contribution >= 0.6 is 0 Å². The Kier molecular flexibility index (Phi) is 5.15. The van der Waals surface area contributed by atoms with Gasteiger partial charge in [-0.15, -0.1) is 0 Å². The number of carbonyl (C=O) groups is 1. The largest absolute Gasteiger partial charge is 0.454 e. The lowest BCUT2D eigenvalue weighted by Gasteiger charge is -2.09. The molecule has 0 aromatic heterocycles. The van der Waals surface area contributed by atoms with Crippen molar-refractivity contribution in [2.75, 3.05) is 18.7 Å². The van der Waals surface area contributed by atoms with Gasteiger partial charge in [-0.2, -0.15) is 0 Å². The Morgan fingerprint density at radius 2 is 1.81 bits per heavy atom. The number of hydrogen-bond donors (Lipinski definition) is 2. The van der Waals surface area contributed by atoms with E-state index >= 15 is 0 Å². The topological polar surface area (TPSA) is 93.7 Å². The van der Waals surface area contributed by atoms with E-state index in [-0.39, 0.29) is 30.6 Å². The van der Waals surface area contributed by atoms with Crippen LogP contribution in [-0.2, 0) is 14.8 Å². The number of ether oxygens (including phenoxy) is 2. The van der Waals surface area contributed by atoms with Crippen molar-refractivity contribution in [1.82, 2.24) is 4.72 Å². The van der Waals surface area contributed by atoms with Crippen LogP contribution in [0.3, 0.4) is 0 Å². The molecule has 26 heavy (non-hydrogen) atoms. The summed E-state index contributed by atoms with van der Waals surface area (Å²) < 4.78 is 37.5. The zero-order valence-electron chi connectivity index (χ0n) is 14.5. The molecule has 3 rings (SSSR count). The highest BCUT2D eigenvalue weighted by Crippen LogP contribution is 2.34. The molecule has 2 aromatic carbocycles. The Hall–Kier alpha value is -2.58. The number of sulfonamides is 1. The molecule has 2 aromatic rings. The van der Waals surface area contributed by atoms with Gasteiger partial charge in [0.1, 0.15) is 0 Å². The molecule has 2 N–H and O–H groups in total. The van der Waals surface area contributed by atoms with Gasteiger partial charge in [0.25, 0.3) is 0 Å². The summed E-state index contributed by atoms with van der Waals surface area (Å²) in [5, 5.41) is 2.70. The average Bonchev–Trinajstić information content (AvgIpc) is 3.04. The Morgan fingerprint density at radius 1 is 1.04 bits per heavy atom. The van der Waals surface area contributed by atoms with Gasteiger partial charge in [0.15, 0.2) is 11.5 Å². The molecule has 0 spiro atoms. The predicted octanol–water partition coefficient (Wildman–Crippen LogP) is 2.34. The molecule has 138 valence electrons. The number of aryl methyl sites for hydroxylation is 2. The second-order valence-electron chi connectivity index (χ2n) is 6.01. The molecular weight excluding hydrogens is 356 g/mol. The lowest BCUT2D eigenvalue weighted by Crippen LogP contribution is -2.28. The van der Waals surface area contributed by atoms with Gasteiger partial charge in [-0.1, -0.05) is 6.07 Å². The van der Waals surface area contributed by atoms with Crippen LogP contribution in [0, 0.1) is 13.8 Å². The third-order valence-electron chi connectivity index (χ3n) is 4.09. The molecule has 1 amide bonds. The normalized spacial score (nSPS) is 12.8. The molecule has 0 radical (unpaired) electrons. The number of amides is 1. The Bertz CT molecular complexity index is 941. The smallest absolute Gasteiger partial charge is 0.240 e. The maximum atomic E-state index is 12.3. The van der Waals surface area contributed by atoms with Crippen LogP contribution in [0.2, 0.25) is 0 Å². The van der Waals surface area contributed by atoms with Gasteiger partial charge in [0.2, 0.25) is 22.7 Å². The standard InChI is InChI=1S/C18H20N2O5S/c1-12-3-5-15(9-13(12)2)26(22,23)19-8-7-18(21)20-14-4-6-16-17(10-14)25-11-24-16/h3-6,9-10,19H,7-8,11H2,1-2H3,(H,20,21). The Morgan fingerprint density at radius 3 is 2.58 bits per heavy atom. The van der Waals surface area contributed by atoms with Gasteiger partial charge >= 0.3 is 0 Å². The van der Waals surface area contributed by atoms with Crippen molar-refractivity contribution in [3.8, 4) is 11.5 Å². The maximum Gasteiger partial charge on any atom is 0.240 e. The van der Waals surface area contributed by atoms with E-state index in [9.17, 15) is 13.2 Å². The minimum atomic E-state index is -3.64. The van der Waals surface area contributed by atoms with Gasteiger partial charge in [-0.3, -0.25) is 4.79 Å². The first-order valence-corrected chi connectivity index (χ1v) is 9.60. The SMILES string of the molecule is Cc1ccc(S(=O)(=O)NCCC(=O)Nc2ccc3c(c2)OCO3)cc1C. The maximum absolute atomic E-state index is 12.3. The highest BCUT2D eigenvalue weighted by molar-refractivity contribution is 7.89. The van der Waals surface area contributed by atoms with Gasteiger partial charge < -0.3 is 14.8 Å². The fourth-order valence-corrected chi connectivity index (χ4v) is 3.58. The van der Waals surface area contributed by atoms with Crippen LogP contribution in [0.1, 0.15) is 17.5 Å². The molecule has 1 heterocycles. The summed E-state index contributed by atoms with van der Waals surface area (Å²) in [6.45, 7) is 3.94. The van der Waals surface area contributed by atoms with E-state index in [2.05, 4.69) is 10.0 Å². The van der Waals surface area contributed by atoms with Crippen molar-refractivity contribution in [3.05, 3.63) is 47.5 Å². The molecule has 8 heteroatoms. The molecule has 0 atom stereocenters. The average molecular weight is 376 g/mol. The summed E-state index contributed by atoms with van der Waals surface area (Å²) in [4.78, 5) is 12.2. The van der Waals surface area contributed by atoms with E-state index in [0.29, 0.717) is 17.2 Å². The summed E-state index contributed by atoms with van der Waals surface area (Å²) in [6.07, 6.45) is 0.0124. The summed E-state index contributed by atoms with van der Waals surface area (Å²) in [5.74, 6) is 0.897. The molecule has 0 aliphatic carbocycles. The van der Waals surface area contributed by atoms with Crippen molar-refractivity contribution in [2.24, 2.45) is 0 Å². The molecular formula is C18H20N2O5S. The molecule has 0 saturated heterocycles. The third-order valence-corrected chi connectivity index (χ3v) is 5.55. The van der Waals surface area contributed by atoms with Crippen LogP contribution in [0.4, 0.5) is 5.69 Å². The zero-order chi connectivity index (χ0) is 18.7. The fraction of sp³-hybridized carbons (Fsp3) is 0.278. The van der Waals surface area contributed by atoms with E-state index in [1.165, 1.54) is 0 Å². The first-order valence-electron chi connectivity index (χ1n) is 8.11. The minimum absolute atomic E-state index is 0.00560. The monoisotopic (exact) mass is 376 g/mol. The van der Waals surface area contributed by atoms with E-state index in [1.807, 2.05) is 13.8 Å². The number of nitrogens with one attached hydrogen (secondary N) is 2. The van der Waals surface area contributed by atoms with E-state index in [0.717, 1.165) is 11.1 Å². The summed E-state index contributed by atoms with van der Waals surface area (Å²) in [7, 11) is -3.64. The molecule has 7 nitrogen and oxygen atoms in total. The lowest BCUT2D eigenvalue weighted by molar-refractivity contribution is -0.116. The lowest BCUT2D eigenvalue weighted by atomic mass is 10.1. The number of carbonyl (C=O) groups excluding carboxylic acids is 1. The quantitative estimate of drug-likeness (QED) is 0.807. The van der Waals surface area contributed by atoms with Gasteiger partial charge in [0.05, 0.1) is 4.90 Å². The number of anilines is 1. The summed E-state index contributed by atoms with van der Waals surface area (Å²) in [6, 6.07) is 10.0. The Labute approximate surface area is 152 Å². The van der Waals surface area contributed by atoms with E-state index in [4.69, 9.17) is 9.47 Å². The Balaban J connectivity index is 1.53. The van der Waals surface area contributed by atoms with E-state index < -0.39 is 10.0 Å². The zero-order valence-corrected chi connectivity index (χ0v) is 15.4. The summed E-state index contributed by atoms with van der Waals surface area (Å²) >= 11 is 0. The number of fused-ring (bicyclic) bond motifs is 1. The highest BCUT2D eigenvalue weighted by Gasteiger charge is 2.16. The second-order valence-corrected chi connectivity index (χ2v) is 7.78. The van der Waals surface area contributed by atoms with Gasteiger partial charge in [-0.05, 0) is 49.2 Å². The number of benzene rings is 2. The molecule has 0 bridgehead atoms. The van der Waals surface area contributed by atoms with Crippen molar-refractivity contribution in [3.63, 3.8) is 0 Å². The second kappa shape index (κ2) is 7.35. The first-order chi connectivity index (χ1) is 12.3. The van der Waals surface area contributed by atoms with Crippen LogP contribution in [0.15, 0.2) is 41.3 Å². The van der Waals surface area contributed by atoms with Gasteiger partial charge in [-0.25, -0.2) is 13.1 Å². The van der Waals surface area contributed by atoms with Crippen LogP contribution < -0.4 is 19.5 Å².